The van der Waals surface area contributed by atoms with E-state index in [2.05, 4.69) is 24.3 Å². The van der Waals surface area contributed by atoms with Crippen molar-refractivity contribution in [1.82, 2.24) is 0 Å². The van der Waals surface area contributed by atoms with Crippen LogP contribution in [-0.2, 0) is 9.53 Å². The lowest BCUT2D eigenvalue weighted by atomic mass is 9.89. The Labute approximate surface area is 99.4 Å². The van der Waals surface area contributed by atoms with Gasteiger partial charge in [-0.3, -0.25) is 4.79 Å². The highest BCUT2D eigenvalue weighted by Crippen LogP contribution is 2.22. The van der Waals surface area contributed by atoms with Gasteiger partial charge in [0.1, 0.15) is 0 Å². The molecule has 0 saturated carbocycles. The van der Waals surface area contributed by atoms with Crippen LogP contribution in [0.3, 0.4) is 0 Å². The third-order valence-corrected chi connectivity index (χ3v) is 2.36. The predicted octanol–water partition coefficient (Wildman–Crippen LogP) is 3.88. The molecule has 0 aliphatic heterocycles. The molecular formula is C14H24O2. The number of hydrogen-bond acceptors (Lipinski definition) is 2. The molecule has 16 heavy (non-hydrogen) atoms. The number of carbonyl (C=O) groups is 1. The molecule has 0 aromatic heterocycles. The summed E-state index contributed by atoms with van der Waals surface area (Å²) in [6.07, 6.45) is 11.2. The molecule has 0 heterocycles. The summed E-state index contributed by atoms with van der Waals surface area (Å²) < 4.78 is 5.02. The van der Waals surface area contributed by atoms with Gasteiger partial charge in [-0.1, -0.05) is 24.3 Å². The van der Waals surface area contributed by atoms with E-state index in [1.807, 2.05) is 27.7 Å². The molecule has 0 atom stereocenters. The number of unbranched alkanes of at least 4 members (excludes halogenated alkanes) is 1. The molecule has 0 aromatic carbocycles. The van der Waals surface area contributed by atoms with Crippen LogP contribution in [0.25, 0.3) is 0 Å². The van der Waals surface area contributed by atoms with E-state index in [0.717, 1.165) is 19.3 Å². The second-order valence-electron chi connectivity index (χ2n) is 4.43. The van der Waals surface area contributed by atoms with Crippen molar-refractivity contribution >= 4 is 5.97 Å². The number of esters is 1. The average molecular weight is 224 g/mol. The Balaban J connectivity index is 3.93. The van der Waals surface area contributed by atoms with E-state index in [0.29, 0.717) is 6.61 Å². The fraction of sp³-hybridized carbons (Fsp3) is 0.643. The Morgan fingerprint density at radius 1 is 1.19 bits per heavy atom. The summed E-state index contributed by atoms with van der Waals surface area (Å²) in [6, 6.07) is 0. The van der Waals surface area contributed by atoms with Crippen LogP contribution < -0.4 is 0 Å². The van der Waals surface area contributed by atoms with Crippen molar-refractivity contribution in [3.05, 3.63) is 24.3 Å². The molecule has 0 saturated heterocycles. The first-order valence-corrected chi connectivity index (χ1v) is 5.98. The van der Waals surface area contributed by atoms with Gasteiger partial charge in [0.05, 0.1) is 12.0 Å². The lowest BCUT2D eigenvalue weighted by Crippen LogP contribution is -2.25. The quantitative estimate of drug-likeness (QED) is 0.373. The minimum atomic E-state index is -0.410. The molecule has 0 aliphatic carbocycles. The van der Waals surface area contributed by atoms with Crippen LogP contribution in [0.1, 0.15) is 47.0 Å². The van der Waals surface area contributed by atoms with Gasteiger partial charge in [-0.25, -0.2) is 0 Å². The summed E-state index contributed by atoms with van der Waals surface area (Å²) in [5.41, 5.74) is -0.410. The van der Waals surface area contributed by atoms with Crippen molar-refractivity contribution in [3.8, 4) is 0 Å². The van der Waals surface area contributed by atoms with Crippen LogP contribution in [0, 0.1) is 5.41 Å². The van der Waals surface area contributed by atoms with E-state index in [4.69, 9.17) is 4.74 Å². The molecule has 0 radical (unpaired) electrons. The van der Waals surface area contributed by atoms with Crippen LogP contribution >= 0.6 is 0 Å². The molecule has 0 bridgehead atoms. The number of rotatable bonds is 7. The van der Waals surface area contributed by atoms with Gasteiger partial charge in [0, 0.05) is 0 Å². The van der Waals surface area contributed by atoms with Gasteiger partial charge >= 0.3 is 5.97 Å². The minimum Gasteiger partial charge on any atom is -0.466 e. The van der Waals surface area contributed by atoms with Crippen molar-refractivity contribution < 1.29 is 9.53 Å². The normalized spacial score (nSPS) is 12.5. The Morgan fingerprint density at radius 2 is 1.81 bits per heavy atom. The molecule has 2 heteroatoms. The zero-order valence-electron chi connectivity index (χ0n) is 11.0. The maximum absolute atomic E-state index is 11.6. The van der Waals surface area contributed by atoms with Gasteiger partial charge in [0.2, 0.25) is 0 Å². The number of ether oxygens (including phenoxy) is 1. The lowest BCUT2D eigenvalue weighted by molar-refractivity contribution is -0.153. The van der Waals surface area contributed by atoms with E-state index < -0.39 is 5.41 Å². The molecule has 2 nitrogen and oxygen atoms in total. The van der Waals surface area contributed by atoms with Gasteiger partial charge in [-0.05, 0) is 47.0 Å². The number of allylic oxidation sites excluding steroid dienone is 4. The van der Waals surface area contributed by atoms with E-state index >= 15 is 0 Å². The summed E-state index contributed by atoms with van der Waals surface area (Å²) in [6.45, 7) is 8.14. The van der Waals surface area contributed by atoms with Gasteiger partial charge in [0.15, 0.2) is 0 Å². The largest absolute Gasteiger partial charge is 0.466 e. The van der Waals surface area contributed by atoms with E-state index in [1.165, 1.54) is 0 Å². The van der Waals surface area contributed by atoms with Crippen LogP contribution in [-0.4, -0.2) is 12.6 Å². The van der Waals surface area contributed by atoms with Crippen LogP contribution in [0.2, 0.25) is 0 Å². The smallest absolute Gasteiger partial charge is 0.311 e. The van der Waals surface area contributed by atoms with Gasteiger partial charge in [-0.2, -0.15) is 0 Å². The Bertz CT molecular complexity index is 249. The minimum absolute atomic E-state index is 0.117. The molecule has 0 rings (SSSR count). The SMILES string of the molecule is CC=CCCC=CCC(C)(C)C(=O)OCC. The lowest BCUT2D eigenvalue weighted by Gasteiger charge is -2.20. The van der Waals surface area contributed by atoms with Crippen molar-refractivity contribution in [2.24, 2.45) is 5.41 Å². The third-order valence-electron chi connectivity index (χ3n) is 2.36. The zero-order chi connectivity index (χ0) is 12.4. The van der Waals surface area contributed by atoms with Gasteiger partial charge in [0.25, 0.3) is 0 Å². The molecule has 0 fully saturated rings. The zero-order valence-corrected chi connectivity index (χ0v) is 11.0. The molecule has 92 valence electrons. The molecule has 0 unspecified atom stereocenters. The summed E-state index contributed by atoms with van der Waals surface area (Å²) in [5, 5.41) is 0. The summed E-state index contributed by atoms with van der Waals surface area (Å²) in [7, 11) is 0. The first-order valence-electron chi connectivity index (χ1n) is 5.98. The third kappa shape index (κ3) is 6.44. The molecular weight excluding hydrogens is 200 g/mol. The first kappa shape index (κ1) is 14.9. The topological polar surface area (TPSA) is 26.3 Å². The maximum Gasteiger partial charge on any atom is 0.311 e. The average Bonchev–Trinajstić information content (AvgIpc) is 2.23. The van der Waals surface area contributed by atoms with Crippen LogP contribution in [0.4, 0.5) is 0 Å². The fourth-order valence-corrected chi connectivity index (χ4v) is 1.26. The Morgan fingerprint density at radius 3 is 2.38 bits per heavy atom. The van der Waals surface area contributed by atoms with Gasteiger partial charge < -0.3 is 4.74 Å². The number of hydrogen-bond donors (Lipinski definition) is 0. The van der Waals surface area contributed by atoms with Crippen LogP contribution in [0.5, 0.6) is 0 Å². The second-order valence-corrected chi connectivity index (χ2v) is 4.43. The highest BCUT2D eigenvalue weighted by atomic mass is 16.5. The van der Waals surface area contributed by atoms with Gasteiger partial charge in [-0.15, -0.1) is 0 Å². The van der Waals surface area contributed by atoms with Crippen molar-refractivity contribution in [2.75, 3.05) is 6.61 Å². The highest BCUT2D eigenvalue weighted by molar-refractivity contribution is 5.76. The van der Waals surface area contributed by atoms with E-state index in [1.54, 1.807) is 0 Å². The standard InChI is InChI=1S/C14H24O2/c1-5-7-8-9-10-11-12-14(3,4)13(15)16-6-2/h5,7,10-11H,6,8-9,12H2,1-4H3. The highest BCUT2D eigenvalue weighted by Gasteiger charge is 2.27. The Kier molecular flexibility index (Phi) is 7.61. The second kappa shape index (κ2) is 8.14. The molecule has 0 aliphatic rings. The fourth-order valence-electron chi connectivity index (χ4n) is 1.26. The van der Waals surface area contributed by atoms with Crippen LogP contribution in [0.15, 0.2) is 24.3 Å². The first-order chi connectivity index (χ1) is 7.54. The molecule has 0 aromatic rings. The van der Waals surface area contributed by atoms with E-state index in [9.17, 15) is 4.79 Å². The molecule has 0 N–H and O–H groups in total. The maximum atomic E-state index is 11.6. The number of carbonyl (C=O) groups excluding carboxylic acids is 1. The summed E-state index contributed by atoms with van der Waals surface area (Å²) in [5.74, 6) is -0.117. The van der Waals surface area contributed by atoms with E-state index in [-0.39, 0.29) is 5.97 Å². The van der Waals surface area contributed by atoms with Crippen molar-refractivity contribution in [1.29, 1.82) is 0 Å². The predicted molar refractivity (Wildman–Crippen MR) is 68.2 cm³/mol. The monoisotopic (exact) mass is 224 g/mol. The van der Waals surface area contributed by atoms with Crippen molar-refractivity contribution in [2.45, 2.75) is 47.0 Å². The summed E-state index contributed by atoms with van der Waals surface area (Å²) in [4.78, 5) is 11.6. The molecule has 0 amide bonds. The molecule has 0 spiro atoms. The summed E-state index contributed by atoms with van der Waals surface area (Å²) >= 11 is 0. The van der Waals surface area contributed by atoms with Crippen molar-refractivity contribution in [3.63, 3.8) is 0 Å². The Hall–Kier alpha value is -1.05.